The Morgan fingerprint density at radius 1 is 0.701 bits per heavy atom. The number of ketones is 2. The second-order valence-corrected chi connectivity index (χ2v) is 17.9. The van der Waals surface area contributed by atoms with Crippen LogP contribution in [0.1, 0.15) is 97.0 Å². The lowest BCUT2D eigenvalue weighted by molar-refractivity contribution is -0.671. The summed E-state index contributed by atoms with van der Waals surface area (Å²) in [5.74, 6) is -9.94. The number of aliphatic carboxylic acids is 3. The number of carbonyl (C=O) groups excluding carboxylic acids is 6. The van der Waals surface area contributed by atoms with Gasteiger partial charge < -0.3 is 41.5 Å². The predicted octanol–water partition coefficient (Wildman–Crippen LogP) is 4.21. The van der Waals surface area contributed by atoms with Gasteiger partial charge in [-0.25, -0.2) is 0 Å². The molecule has 7 N–H and O–H groups in total. The summed E-state index contributed by atoms with van der Waals surface area (Å²) in [5, 5.41) is 40.0. The standard InChI is InChI=1S/C48H60N6O12S/c1-29(2)33(26-40(57)34(19-20-44(59)60)51-48(66)36(28-46(63)64)50-30(3)55)47(65)52-35(27-45(61)62)39(56)16-12-22-49-42(58)18-6-5-11-23-54-24-21-31(32-13-7-8-14-37(32)54)25-43-53(4)38-15-9-10-17-41(38)67-43/h7-10,13-15,17,21,24-25,29,33-36H,5-6,11-12,16,18-20,22-23,26-28H2,1-4H3,(H6-,49,50,51,52,55,58,59,60,61,62,63,64,65,66)/p+1/t33-,34-,35-,36-/m0/s1. The quantitative estimate of drug-likeness (QED) is 0.0397. The molecule has 1 aliphatic rings. The van der Waals surface area contributed by atoms with E-state index >= 15 is 0 Å². The van der Waals surface area contributed by atoms with E-state index in [1.54, 1.807) is 25.6 Å². The second-order valence-electron chi connectivity index (χ2n) is 16.8. The van der Waals surface area contributed by atoms with Gasteiger partial charge in [0.05, 0.1) is 41.0 Å². The number of thioether (sulfide) groups is 1. The van der Waals surface area contributed by atoms with Crippen molar-refractivity contribution < 1.29 is 63.0 Å². The number of unbranched alkanes of at least 4 members (excludes halogenated alkanes) is 2. The van der Waals surface area contributed by atoms with Gasteiger partial charge in [-0.05, 0) is 61.4 Å². The fourth-order valence-corrected chi connectivity index (χ4v) is 8.78. The zero-order valence-electron chi connectivity index (χ0n) is 38.2. The maximum atomic E-state index is 13.5. The molecule has 0 bridgehead atoms. The average molecular weight is 946 g/mol. The van der Waals surface area contributed by atoms with Crippen molar-refractivity contribution >= 4 is 87.5 Å². The van der Waals surface area contributed by atoms with Crippen LogP contribution < -0.4 is 30.7 Å². The van der Waals surface area contributed by atoms with Crippen molar-refractivity contribution in [2.45, 2.75) is 121 Å². The number of anilines is 1. The lowest BCUT2D eigenvalue weighted by Crippen LogP contribution is -2.52. The van der Waals surface area contributed by atoms with E-state index in [9.17, 15) is 58.5 Å². The number of Topliss-reactive ketones (excluding diaryl/α,β-unsaturated/α-hetero) is 2. The molecule has 2 aromatic carbocycles. The number of amides is 4. The Morgan fingerprint density at radius 2 is 1.37 bits per heavy atom. The topological polar surface area (TPSA) is 270 Å². The summed E-state index contributed by atoms with van der Waals surface area (Å²) in [4.78, 5) is 115. The Labute approximate surface area is 393 Å². The lowest BCUT2D eigenvalue weighted by Gasteiger charge is -2.26. The van der Waals surface area contributed by atoms with Crippen LogP contribution in [0.3, 0.4) is 0 Å². The molecule has 19 heteroatoms. The number of nitrogens with zero attached hydrogens (tertiary/aromatic N) is 2. The van der Waals surface area contributed by atoms with Crippen LogP contribution in [0.25, 0.3) is 17.0 Å². The highest BCUT2D eigenvalue weighted by atomic mass is 32.2. The van der Waals surface area contributed by atoms with Gasteiger partial charge in [-0.1, -0.05) is 49.9 Å². The van der Waals surface area contributed by atoms with Gasteiger partial charge in [0.1, 0.15) is 12.6 Å². The number of nitrogens with one attached hydrogen (secondary N) is 4. The molecule has 4 amide bonds. The van der Waals surface area contributed by atoms with Crippen LogP contribution in [0.5, 0.6) is 0 Å². The van der Waals surface area contributed by atoms with Gasteiger partial charge in [-0.15, -0.1) is 0 Å². The van der Waals surface area contributed by atoms with Gasteiger partial charge in [0.15, 0.2) is 17.8 Å². The van der Waals surface area contributed by atoms with Crippen molar-refractivity contribution in [3.8, 4) is 0 Å². The molecule has 0 unspecified atom stereocenters. The molecule has 1 aliphatic heterocycles. The molecule has 0 aliphatic carbocycles. The smallest absolute Gasteiger partial charge is 0.305 e. The van der Waals surface area contributed by atoms with E-state index in [1.165, 1.54) is 10.6 Å². The van der Waals surface area contributed by atoms with Crippen molar-refractivity contribution in [3.05, 3.63) is 71.4 Å². The van der Waals surface area contributed by atoms with Gasteiger partial charge in [-0.3, -0.25) is 43.2 Å². The minimum atomic E-state index is -1.57. The monoisotopic (exact) mass is 945 g/mol. The first-order valence-electron chi connectivity index (χ1n) is 22.3. The molecular formula is C48H61N6O12S+. The number of benzene rings is 2. The number of carbonyl (C=O) groups is 9. The molecule has 360 valence electrons. The zero-order chi connectivity index (χ0) is 49.2. The third-order valence-corrected chi connectivity index (χ3v) is 12.5. The van der Waals surface area contributed by atoms with Crippen molar-refractivity contribution in [2.24, 2.45) is 11.8 Å². The molecule has 0 saturated heterocycles. The highest BCUT2D eigenvalue weighted by molar-refractivity contribution is 8.03. The van der Waals surface area contributed by atoms with Crippen LogP contribution in [0.2, 0.25) is 0 Å². The fraction of sp³-hybridized carbons (Fsp3) is 0.458. The van der Waals surface area contributed by atoms with Crippen LogP contribution in [0.15, 0.2) is 70.7 Å². The van der Waals surface area contributed by atoms with Gasteiger partial charge in [-0.2, -0.15) is 4.57 Å². The van der Waals surface area contributed by atoms with Crippen molar-refractivity contribution in [1.29, 1.82) is 0 Å². The SMILES string of the molecule is CC(=O)N[C@@H](CC(=O)O)C(=O)N[C@@H](CCC(=O)O)C(=O)C[C@H](C(=O)N[C@@H](CC(=O)O)C(=O)CCCNC(=O)CCCCC[n+]1ccc(C=C2Sc3ccccc3N2C)c2ccccc21)C(C)C. The average Bonchev–Trinajstić information content (AvgIpc) is 3.58. The Kier molecular flexibility index (Phi) is 20.5. The van der Waals surface area contributed by atoms with Crippen molar-refractivity contribution in [3.63, 3.8) is 0 Å². The fourth-order valence-electron chi connectivity index (χ4n) is 7.68. The molecule has 4 atom stereocenters. The van der Waals surface area contributed by atoms with Gasteiger partial charge >= 0.3 is 17.9 Å². The Hall–Kier alpha value is -6.63. The van der Waals surface area contributed by atoms with Gasteiger partial charge in [0.2, 0.25) is 29.1 Å². The number of fused-ring (bicyclic) bond motifs is 2. The number of hydrogen-bond acceptors (Lipinski definition) is 11. The minimum Gasteiger partial charge on any atom is -0.481 e. The van der Waals surface area contributed by atoms with E-state index in [4.69, 9.17) is 0 Å². The number of para-hydroxylation sites is 2. The van der Waals surface area contributed by atoms with E-state index < -0.39 is 109 Å². The summed E-state index contributed by atoms with van der Waals surface area (Å²) in [6.07, 6.45) is 3.81. The summed E-state index contributed by atoms with van der Waals surface area (Å²) in [5.41, 5.74) is 3.43. The summed E-state index contributed by atoms with van der Waals surface area (Å²) in [6, 6.07) is 14.2. The summed E-state index contributed by atoms with van der Waals surface area (Å²) >= 11 is 1.75. The molecular weight excluding hydrogens is 885 g/mol. The van der Waals surface area contributed by atoms with Crippen LogP contribution in [-0.4, -0.2) is 100 Å². The third-order valence-electron chi connectivity index (χ3n) is 11.3. The zero-order valence-corrected chi connectivity index (χ0v) is 39.1. The van der Waals surface area contributed by atoms with Gasteiger partial charge in [0.25, 0.3) is 0 Å². The number of hydrogen-bond donors (Lipinski definition) is 7. The summed E-state index contributed by atoms with van der Waals surface area (Å²) < 4.78 is 2.22. The number of aromatic nitrogens is 1. The van der Waals surface area contributed by atoms with Gasteiger partial charge in [0, 0.05) is 75.6 Å². The highest BCUT2D eigenvalue weighted by Gasteiger charge is 2.34. The Morgan fingerprint density at radius 3 is 2.04 bits per heavy atom. The molecule has 0 fully saturated rings. The van der Waals surface area contributed by atoms with Crippen molar-refractivity contribution in [2.75, 3.05) is 18.5 Å². The van der Waals surface area contributed by atoms with Crippen LogP contribution >= 0.6 is 11.8 Å². The highest BCUT2D eigenvalue weighted by Crippen LogP contribution is 2.45. The summed E-state index contributed by atoms with van der Waals surface area (Å²) in [6.45, 7) is 5.18. The number of rotatable bonds is 28. The maximum Gasteiger partial charge on any atom is 0.305 e. The van der Waals surface area contributed by atoms with Crippen molar-refractivity contribution in [1.82, 2.24) is 21.3 Å². The molecule has 18 nitrogen and oxygen atoms in total. The molecule has 0 saturated carbocycles. The second kappa shape index (κ2) is 25.9. The minimum absolute atomic E-state index is 0.144. The molecule has 0 spiro atoms. The molecule has 3 aromatic rings. The molecule has 67 heavy (non-hydrogen) atoms. The predicted molar refractivity (Wildman–Crippen MR) is 249 cm³/mol. The van der Waals surface area contributed by atoms with Crippen LogP contribution in [-0.2, 0) is 49.7 Å². The third kappa shape index (κ3) is 16.6. The van der Waals surface area contributed by atoms with Crippen LogP contribution in [0.4, 0.5) is 5.69 Å². The lowest BCUT2D eigenvalue weighted by atomic mass is 9.86. The normalized spacial score (nSPS) is 14.4. The first-order valence-corrected chi connectivity index (χ1v) is 23.1. The maximum absolute atomic E-state index is 13.5. The van der Waals surface area contributed by atoms with Crippen LogP contribution in [0, 0.1) is 11.8 Å². The molecule has 0 radical (unpaired) electrons. The largest absolute Gasteiger partial charge is 0.481 e. The number of pyridine rings is 1. The molecule has 1 aromatic heterocycles. The molecule has 4 rings (SSSR count). The number of aryl methyl sites for hydroxylation is 1. The van der Waals surface area contributed by atoms with E-state index in [-0.39, 0.29) is 31.7 Å². The summed E-state index contributed by atoms with van der Waals surface area (Å²) in [7, 11) is 2.07. The van der Waals surface area contributed by atoms with E-state index in [0.29, 0.717) is 6.42 Å². The van der Waals surface area contributed by atoms with E-state index in [0.717, 1.165) is 47.8 Å². The Bertz CT molecular complexity index is 2340. The first kappa shape index (κ1) is 53.0. The number of carboxylic acid groups (broad SMARTS) is 3. The first-order chi connectivity index (χ1) is 31.8. The van der Waals surface area contributed by atoms with E-state index in [1.807, 2.05) is 24.3 Å². The van der Waals surface area contributed by atoms with E-state index in [2.05, 4.69) is 80.4 Å². The number of carboxylic acids is 3. The molecule has 2 heterocycles. The Balaban J connectivity index is 1.24.